The van der Waals surface area contributed by atoms with Crippen LogP contribution in [0, 0.1) is 11.7 Å². The second-order valence-electron chi connectivity index (χ2n) is 4.73. The molecule has 0 bridgehead atoms. The van der Waals surface area contributed by atoms with Crippen LogP contribution in [0.5, 0.6) is 5.75 Å². The molecule has 100 valence electrons. The van der Waals surface area contributed by atoms with E-state index in [0.29, 0.717) is 5.88 Å². The molecule has 19 heavy (non-hydrogen) atoms. The highest BCUT2D eigenvalue weighted by molar-refractivity contribution is 6.18. The van der Waals surface area contributed by atoms with E-state index in [1.54, 1.807) is 24.3 Å². The first-order valence-electron chi connectivity index (χ1n) is 6.25. The van der Waals surface area contributed by atoms with E-state index in [0.717, 1.165) is 24.0 Å². The van der Waals surface area contributed by atoms with Gasteiger partial charge in [0.2, 0.25) is 0 Å². The molecule has 2 aromatic rings. The van der Waals surface area contributed by atoms with E-state index in [2.05, 4.69) is 0 Å². The van der Waals surface area contributed by atoms with Gasteiger partial charge in [0.1, 0.15) is 11.6 Å². The third-order valence-electron chi connectivity index (χ3n) is 3.07. The van der Waals surface area contributed by atoms with Gasteiger partial charge in [0.15, 0.2) is 0 Å². The molecule has 0 spiro atoms. The van der Waals surface area contributed by atoms with E-state index in [9.17, 15) is 9.50 Å². The van der Waals surface area contributed by atoms with Crippen LogP contribution in [0.15, 0.2) is 48.5 Å². The van der Waals surface area contributed by atoms with Crippen molar-refractivity contribution < 1.29 is 9.50 Å². The van der Waals surface area contributed by atoms with Crippen molar-refractivity contribution in [1.82, 2.24) is 0 Å². The van der Waals surface area contributed by atoms with E-state index in [-0.39, 0.29) is 17.5 Å². The predicted octanol–water partition coefficient (Wildman–Crippen LogP) is 4.17. The monoisotopic (exact) mass is 278 g/mol. The van der Waals surface area contributed by atoms with Gasteiger partial charge in [0.05, 0.1) is 0 Å². The van der Waals surface area contributed by atoms with Gasteiger partial charge in [-0.15, -0.1) is 11.6 Å². The lowest BCUT2D eigenvalue weighted by atomic mass is 9.94. The highest BCUT2D eigenvalue weighted by Crippen LogP contribution is 2.19. The molecule has 2 aromatic carbocycles. The molecule has 0 aliphatic carbocycles. The molecular weight excluding hydrogens is 263 g/mol. The smallest absolute Gasteiger partial charge is 0.123 e. The number of rotatable bonds is 5. The number of halogens is 2. The molecule has 0 saturated heterocycles. The molecule has 1 atom stereocenters. The highest BCUT2D eigenvalue weighted by Gasteiger charge is 2.10. The summed E-state index contributed by atoms with van der Waals surface area (Å²) < 4.78 is 13.1. The summed E-state index contributed by atoms with van der Waals surface area (Å²) in [5.74, 6) is 0.775. The molecule has 1 N–H and O–H groups in total. The number of hydrogen-bond acceptors (Lipinski definition) is 1. The molecule has 3 heteroatoms. The zero-order valence-electron chi connectivity index (χ0n) is 10.5. The maximum Gasteiger partial charge on any atom is 0.123 e. The second kappa shape index (κ2) is 6.58. The van der Waals surface area contributed by atoms with E-state index in [1.165, 1.54) is 6.07 Å². The molecule has 0 aliphatic heterocycles. The van der Waals surface area contributed by atoms with Crippen molar-refractivity contribution in [2.45, 2.75) is 12.8 Å². The third kappa shape index (κ3) is 4.25. The summed E-state index contributed by atoms with van der Waals surface area (Å²) in [7, 11) is 0. The fourth-order valence-electron chi connectivity index (χ4n) is 2.20. The van der Waals surface area contributed by atoms with Crippen LogP contribution in [0.2, 0.25) is 0 Å². The van der Waals surface area contributed by atoms with Gasteiger partial charge in [-0.3, -0.25) is 0 Å². The van der Waals surface area contributed by atoms with Gasteiger partial charge in [-0.25, -0.2) is 4.39 Å². The average molecular weight is 279 g/mol. The van der Waals surface area contributed by atoms with Gasteiger partial charge in [-0.1, -0.05) is 24.3 Å². The van der Waals surface area contributed by atoms with Gasteiger partial charge < -0.3 is 5.11 Å². The molecular formula is C16H16ClFO. The number of alkyl halides is 1. The number of benzene rings is 2. The summed E-state index contributed by atoms with van der Waals surface area (Å²) in [6.45, 7) is 0. The van der Waals surface area contributed by atoms with Gasteiger partial charge in [0.25, 0.3) is 0 Å². The Hall–Kier alpha value is -1.54. The first-order chi connectivity index (χ1) is 9.17. The van der Waals surface area contributed by atoms with Crippen molar-refractivity contribution >= 4 is 11.6 Å². The third-order valence-corrected chi connectivity index (χ3v) is 3.50. The number of hydrogen-bond donors (Lipinski definition) is 1. The fraction of sp³-hybridized carbons (Fsp3) is 0.250. The van der Waals surface area contributed by atoms with Crippen LogP contribution in [-0.2, 0) is 12.8 Å². The molecule has 1 unspecified atom stereocenters. The molecule has 1 nitrogen and oxygen atoms in total. The molecule has 0 saturated carbocycles. The largest absolute Gasteiger partial charge is 0.508 e. The Morgan fingerprint density at radius 1 is 1.00 bits per heavy atom. The maximum absolute atomic E-state index is 13.1. The van der Waals surface area contributed by atoms with Crippen molar-refractivity contribution in [2.24, 2.45) is 5.92 Å². The minimum atomic E-state index is -0.219. The molecule has 0 aromatic heterocycles. The van der Waals surface area contributed by atoms with Crippen LogP contribution in [0.25, 0.3) is 0 Å². The SMILES string of the molecule is Oc1cccc(CC(CCl)Cc2cccc(F)c2)c1. The average Bonchev–Trinajstić information content (AvgIpc) is 2.38. The Labute approximate surface area is 117 Å². The first-order valence-corrected chi connectivity index (χ1v) is 6.79. The standard InChI is InChI=1S/C16H16ClFO/c17-11-14(7-12-3-1-5-15(18)9-12)8-13-4-2-6-16(19)10-13/h1-6,9-10,14,19H,7-8,11H2. The Bertz CT molecular complexity index is 494. The van der Waals surface area contributed by atoms with Crippen molar-refractivity contribution in [2.75, 3.05) is 5.88 Å². The summed E-state index contributed by atoms with van der Waals surface area (Å²) >= 11 is 5.99. The van der Waals surface area contributed by atoms with E-state index >= 15 is 0 Å². The number of phenols is 1. The Kier molecular flexibility index (Phi) is 4.80. The summed E-state index contributed by atoms with van der Waals surface area (Å²) in [6, 6.07) is 13.8. The first kappa shape index (κ1) is 13.9. The molecule has 0 heterocycles. The molecule has 0 radical (unpaired) electrons. The van der Waals surface area contributed by atoms with Crippen molar-refractivity contribution in [3.8, 4) is 5.75 Å². The summed E-state index contributed by atoms with van der Waals surface area (Å²) in [6.07, 6.45) is 1.51. The maximum atomic E-state index is 13.1. The van der Waals surface area contributed by atoms with Crippen LogP contribution in [0.1, 0.15) is 11.1 Å². The topological polar surface area (TPSA) is 20.2 Å². The van der Waals surface area contributed by atoms with E-state index < -0.39 is 0 Å². The van der Waals surface area contributed by atoms with Crippen molar-refractivity contribution in [3.63, 3.8) is 0 Å². The van der Waals surface area contributed by atoms with Gasteiger partial charge in [0, 0.05) is 5.88 Å². The minimum Gasteiger partial charge on any atom is -0.508 e. The summed E-state index contributed by atoms with van der Waals surface area (Å²) in [5.41, 5.74) is 1.99. The Balaban J connectivity index is 2.04. The summed E-state index contributed by atoms with van der Waals surface area (Å²) in [4.78, 5) is 0. The lowest BCUT2D eigenvalue weighted by molar-refractivity contribution is 0.473. The van der Waals surface area contributed by atoms with Crippen molar-refractivity contribution in [1.29, 1.82) is 0 Å². The van der Waals surface area contributed by atoms with Crippen LogP contribution in [-0.4, -0.2) is 11.0 Å². The molecule has 0 amide bonds. The van der Waals surface area contributed by atoms with Crippen LogP contribution < -0.4 is 0 Å². The predicted molar refractivity (Wildman–Crippen MR) is 76.1 cm³/mol. The molecule has 2 rings (SSSR count). The lowest BCUT2D eigenvalue weighted by Crippen LogP contribution is -2.10. The van der Waals surface area contributed by atoms with E-state index in [1.807, 2.05) is 18.2 Å². The summed E-state index contributed by atoms with van der Waals surface area (Å²) in [5, 5.41) is 9.44. The molecule has 0 aliphatic rings. The van der Waals surface area contributed by atoms with Crippen LogP contribution in [0.4, 0.5) is 4.39 Å². The van der Waals surface area contributed by atoms with Crippen molar-refractivity contribution in [3.05, 3.63) is 65.5 Å². The number of aromatic hydroxyl groups is 1. The van der Waals surface area contributed by atoms with Gasteiger partial charge >= 0.3 is 0 Å². The Morgan fingerprint density at radius 2 is 1.63 bits per heavy atom. The van der Waals surface area contributed by atoms with E-state index in [4.69, 9.17) is 11.6 Å². The quantitative estimate of drug-likeness (QED) is 0.814. The van der Waals surface area contributed by atoms with Crippen LogP contribution in [0.3, 0.4) is 0 Å². The molecule has 0 fully saturated rings. The zero-order valence-corrected chi connectivity index (χ0v) is 11.3. The Morgan fingerprint density at radius 3 is 2.21 bits per heavy atom. The van der Waals surface area contributed by atoms with Gasteiger partial charge in [-0.05, 0) is 54.2 Å². The van der Waals surface area contributed by atoms with Gasteiger partial charge in [-0.2, -0.15) is 0 Å². The second-order valence-corrected chi connectivity index (χ2v) is 5.04. The van der Waals surface area contributed by atoms with Crippen LogP contribution >= 0.6 is 11.6 Å². The lowest BCUT2D eigenvalue weighted by Gasteiger charge is -2.14. The fourth-order valence-corrected chi connectivity index (χ4v) is 2.41. The minimum absolute atomic E-state index is 0.219. The zero-order chi connectivity index (χ0) is 13.7. The number of phenolic OH excluding ortho intramolecular Hbond substituents is 1. The highest BCUT2D eigenvalue weighted by atomic mass is 35.5. The normalized spacial score (nSPS) is 12.3.